The van der Waals surface area contributed by atoms with Crippen LogP contribution in [-0.2, 0) is 6.18 Å². The van der Waals surface area contributed by atoms with Gasteiger partial charge in [0.05, 0.1) is 11.6 Å². The number of aryl methyl sites for hydroxylation is 1. The van der Waals surface area contributed by atoms with Crippen molar-refractivity contribution in [1.82, 2.24) is 0 Å². The third-order valence-corrected chi connectivity index (χ3v) is 3.16. The predicted octanol–water partition coefficient (Wildman–Crippen LogP) is 4.34. The number of halogens is 5. The molecule has 0 amide bonds. The summed E-state index contributed by atoms with van der Waals surface area (Å²) in [4.78, 5) is 0. The molecule has 2 aromatic carbocycles. The normalized spacial score (nSPS) is 13.3. The van der Waals surface area contributed by atoms with Crippen molar-refractivity contribution in [2.24, 2.45) is 5.73 Å². The van der Waals surface area contributed by atoms with E-state index in [9.17, 15) is 22.0 Å². The van der Waals surface area contributed by atoms with Crippen molar-refractivity contribution in [2.45, 2.75) is 19.1 Å². The number of alkyl halides is 3. The Hall–Kier alpha value is -1.95. The first-order valence-corrected chi connectivity index (χ1v) is 6.09. The van der Waals surface area contributed by atoms with Gasteiger partial charge in [0.1, 0.15) is 11.6 Å². The standard InChI is InChI=1S/C15H12F5N/c1-8-5-6-12(16)10(7-8)14(21)9-3-2-4-11(13(9)17)15(18,19)20/h2-7,14H,21H2,1H3. The predicted molar refractivity (Wildman–Crippen MR) is 68.6 cm³/mol. The molecule has 2 N–H and O–H groups in total. The molecule has 0 fully saturated rings. The fraction of sp³-hybridized carbons (Fsp3) is 0.200. The van der Waals surface area contributed by atoms with Gasteiger partial charge in [0, 0.05) is 11.1 Å². The van der Waals surface area contributed by atoms with E-state index < -0.39 is 35.0 Å². The highest BCUT2D eigenvalue weighted by Gasteiger charge is 2.35. The van der Waals surface area contributed by atoms with Crippen LogP contribution in [0, 0.1) is 18.6 Å². The van der Waals surface area contributed by atoms with Crippen LogP contribution in [0.2, 0.25) is 0 Å². The molecule has 0 saturated carbocycles. The van der Waals surface area contributed by atoms with Crippen LogP contribution in [0.1, 0.15) is 28.3 Å². The lowest BCUT2D eigenvalue weighted by Crippen LogP contribution is -2.18. The zero-order chi connectivity index (χ0) is 15.8. The molecule has 2 aromatic rings. The van der Waals surface area contributed by atoms with Gasteiger partial charge < -0.3 is 5.73 Å². The van der Waals surface area contributed by atoms with Gasteiger partial charge in [0.2, 0.25) is 0 Å². The summed E-state index contributed by atoms with van der Waals surface area (Å²) < 4.78 is 65.8. The summed E-state index contributed by atoms with van der Waals surface area (Å²) in [5, 5.41) is 0. The first kappa shape index (κ1) is 15.4. The first-order chi connectivity index (χ1) is 9.71. The summed E-state index contributed by atoms with van der Waals surface area (Å²) >= 11 is 0. The van der Waals surface area contributed by atoms with Crippen molar-refractivity contribution in [2.75, 3.05) is 0 Å². The van der Waals surface area contributed by atoms with Gasteiger partial charge in [-0.1, -0.05) is 29.8 Å². The average molecular weight is 301 g/mol. The second-order valence-corrected chi connectivity index (χ2v) is 4.71. The molecule has 0 spiro atoms. The molecular weight excluding hydrogens is 289 g/mol. The fourth-order valence-electron chi connectivity index (χ4n) is 2.08. The minimum atomic E-state index is -4.83. The lowest BCUT2D eigenvalue weighted by Gasteiger charge is -2.17. The summed E-state index contributed by atoms with van der Waals surface area (Å²) in [5.74, 6) is -2.16. The number of nitrogens with two attached hydrogens (primary N) is 1. The van der Waals surface area contributed by atoms with Crippen LogP contribution in [-0.4, -0.2) is 0 Å². The van der Waals surface area contributed by atoms with Gasteiger partial charge in [-0.15, -0.1) is 0 Å². The summed E-state index contributed by atoms with van der Waals surface area (Å²) in [7, 11) is 0. The molecule has 0 aliphatic carbocycles. The molecule has 1 atom stereocenters. The Balaban J connectivity index is 2.54. The lowest BCUT2D eigenvalue weighted by molar-refractivity contribution is -0.140. The molecule has 0 aliphatic heterocycles. The van der Waals surface area contributed by atoms with Crippen LogP contribution >= 0.6 is 0 Å². The molecule has 0 radical (unpaired) electrons. The molecule has 1 unspecified atom stereocenters. The zero-order valence-electron chi connectivity index (χ0n) is 11.0. The molecule has 112 valence electrons. The van der Waals surface area contributed by atoms with E-state index in [1.54, 1.807) is 6.92 Å². The van der Waals surface area contributed by atoms with E-state index in [1.165, 1.54) is 12.1 Å². The van der Waals surface area contributed by atoms with Gasteiger partial charge in [-0.3, -0.25) is 0 Å². The van der Waals surface area contributed by atoms with Gasteiger partial charge >= 0.3 is 6.18 Å². The second-order valence-electron chi connectivity index (χ2n) is 4.71. The van der Waals surface area contributed by atoms with Crippen molar-refractivity contribution in [3.8, 4) is 0 Å². The van der Waals surface area contributed by atoms with Crippen molar-refractivity contribution in [3.05, 3.63) is 70.3 Å². The van der Waals surface area contributed by atoms with Gasteiger partial charge in [0.25, 0.3) is 0 Å². The van der Waals surface area contributed by atoms with Gasteiger partial charge in [-0.2, -0.15) is 13.2 Å². The minimum absolute atomic E-state index is 0.0479. The van der Waals surface area contributed by atoms with Crippen LogP contribution in [0.15, 0.2) is 36.4 Å². The largest absolute Gasteiger partial charge is 0.419 e. The number of hydrogen-bond donors (Lipinski definition) is 1. The maximum absolute atomic E-state index is 14.0. The number of hydrogen-bond acceptors (Lipinski definition) is 1. The van der Waals surface area contributed by atoms with E-state index in [0.29, 0.717) is 11.6 Å². The third-order valence-electron chi connectivity index (χ3n) is 3.16. The second kappa shape index (κ2) is 5.44. The van der Waals surface area contributed by atoms with Crippen LogP contribution < -0.4 is 5.73 Å². The van der Waals surface area contributed by atoms with Gasteiger partial charge in [-0.25, -0.2) is 8.78 Å². The van der Waals surface area contributed by atoms with E-state index in [-0.39, 0.29) is 5.56 Å². The summed E-state index contributed by atoms with van der Waals surface area (Å²) in [5.41, 5.74) is 4.57. The summed E-state index contributed by atoms with van der Waals surface area (Å²) in [6, 6.07) is 5.51. The molecule has 0 aromatic heterocycles. The fourth-order valence-corrected chi connectivity index (χ4v) is 2.08. The minimum Gasteiger partial charge on any atom is -0.320 e. The molecule has 0 saturated heterocycles. The number of benzene rings is 2. The zero-order valence-corrected chi connectivity index (χ0v) is 11.0. The molecule has 6 heteroatoms. The van der Waals surface area contributed by atoms with E-state index in [0.717, 1.165) is 18.2 Å². The Labute approximate surface area is 118 Å². The highest BCUT2D eigenvalue weighted by atomic mass is 19.4. The Morgan fingerprint density at radius 3 is 2.29 bits per heavy atom. The van der Waals surface area contributed by atoms with Crippen LogP contribution in [0.5, 0.6) is 0 Å². The highest BCUT2D eigenvalue weighted by Crippen LogP contribution is 2.35. The molecule has 0 bridgehead atoms. The van der Waals surface area contributed by atoms with Crippen molar-refractivity contribution in [1.29, 1.82) is 0 Å². The van der Waals surface area contributed by atoms with E-state index in [4.69, 9.17) is 5.73 Å². The summed E-state index contributed by atoms with van der Waals surface area (Å²) in [6.45, 7) is 1.68. The Kier molecular flexibility index (Phi) is 4.00. The van der Waals surface area contributed by atoms with E-state index in [1.807, 2.05) is 0 Å². The van der Waals surface area contributed by atoms with E-state index in [2.05, 4.69) is 0 Å². The molecule has 0 aliphatic rings. The Bertz CT molecular complexity index is 664. The summed E-state index contributed by atoms with van der Waals surface area (Å²) in [6.07, 6.45) is -4.83. The maximum atomic E-state index is 14.0. The molecule has 21 heavy (non-hydrogen) atoms. The number of rotatable bonds is 2. The smallest absolute Gasteiger partial charge is 0.320 e. The lowest BCUT2D eigenvalue weighted by atomic mass is 9.95. The van der Waals surface area contributed by atoms with Crippen LogP contribution in [0.4, 0.5) is 22.0 Å². The molecular formula is C15H12F5N. The first-order valence-electron chi connectivity index (χ1n) is 6.09. The van der Waals surface area contributed by atoms with Crippen molar-refractivity contribution >= 4 is 0 Å². The topological polar surface area (TPSA) is 26.0 Å². The monoisotopic (exact) mass is 301 g/mol. The molecule has 2 rings (SSSR count). The molecule has 0 heterocycles. The Morgan fingerprint density at radius 2 is 1.67 bits per heavy atom. The Morgan fingerprint density at radius 1 is 1.00 bits per heavy atom. The van der Waals surface area contributed by atoms with Crippen molar-refractivity contribution in [3.63, 3.8) is 0 Å². The van der Waals surface area contributed by atoms with Crippen LogP contribution in [0.3, 0.4) is 0 Å². The molecule has 1 nitrogen and oxygen atoms in total. The third kappa shape index (κ3) is 3.05. The maximum Gasteiger partial charge on any atom is 0.419 e. The quantitative estimate of drug-likeness (QED) is 0.820. The van der Waals surface area contributed by atoms with Crippen molar-refractivity contribution < 1.29 is 22.0 Å². The van der Waals surface area contributed by atoms with Crippen LogP contribution in [0.25, 0.3) is 0 Å². The SMILES string of the molecule is Cc1ccc(F)c(C(N)c2cccc(C(F)(F)F)c2F)c1. The van der Waals surface area contributed by atoms with Gasteiger partial charge in [0.15, 0.2) is 0 Å². The van der Waals surface area contributed by atoms with Gasteiger partial charge in [-0.05, 0) is 19.1 Å². The van der Waals surface area contributed by atoms with E-state index >= 15 is 0 Å². The average Bonchev–Trinajstić information content (AvgIpc) is 2.39. The highest BCUT2D eigenvalue weighted by molar-refractivity contribution is 5.38.